The third-order valence-electron chi connectivity index (χ3n) is 5.86. The van der Waals surface area contributed by atoms with Gasteiger partial charge in [0.1, 0.15) is 0 Å². The normalized spacial score (nSPS) is 15.1. The van der Waals surface area contributed by atoms with Gasteiger partial charge >= 0.3 is 11.9 Å². The van der Waals surface area contributed by atoms with Crippen molar-refractivity contribution in [2.45, 2.75) is 19.9 Å². The summed E-state index contributed by atoms with van der Waals surface area (Å²) in [6, 6.07) is 11.2. The highest BCUT2D eigenvalue weighted by Crippen LogP contribution is 2.31. The van der Waals surface area contributed by atoms with Crippen LogP contribution in [0.1, 0.15) is 41.4 Å². The Morgan fingerprint density at radius 2 is 1.73 bits per heavy atom. The molecule has 0 fully saturated rings. The topological polar surface area (TPSA) is 105 Å². The Labute approximate surface area is 216 Å². The molecule has 0 spiro atoms. The van der Waals surface area contributed by atoms with Gasteiger partial charge in [-0.15, -0.1) is 0 Å². The number of methoxy groups -OCH3 is 3. The Balaban J connectivity index is 1.89. The Bertz CT molecular complexity index is 1570. The van der Waals surface area contributed by atoms with Crippen molar-refractivity contribution in [2.24, 2.45) is 4.99 Å². The number of thiazole rings is 1. The molecule has 0 amide bonds. The first-order valence-electron chi connectivity index (χ1n) is 11.4. The summed E-state index contributed by atoms with van der Waals surface area (Å²) in [6.45, 7) is 4.09. The molecule has 9 nitrogen and oxygen atoms in total. The lowest BCUT2D eigenvalue weighted by Gasteiger charge is -2.24. The van der Waals surface area contributed by atoms with Crippen LogP contribution in [-0.4, -0.2) is 44.4 Å². The average molecular weight is 523 g/mol. The summed E-state index contributed by atoms with van der Waals surface area (Å²) in [5, 5.41) is 0. The molecule has 1 aliphatic heterocycles. The smallest absolute Gasteiger partial charge is 0.338 e. The van der Waals surface area contributed by atoms with Crippen LogP contribution < -0.4 is 24.4 Å². The third-order valence-corrected chi connectivity index (χ3v) is 6.84. The molecular formula is C27H26N2O7S. The molecule has 1 unspecified atom stereocenters. The third kappa shape index (κ3) is 4.92. The molecular weight excluding hydrogens is 496 g/mol. The Hall–Kier alpha value is -4.18. The number of nitrogens with zero attached hydrogens (tertiary/aromatic N) is 2. The first kappa shape index (κ1) is 25.9. The second kappa shape index (κ2) is 10.8. The van der Waals surface area contributed by atoms with Crippen molar-refractivity contribution in [3.05, 3.63) is 90.1 Å². The number of hydrogen-bond donors (Lipinski definition) is 0. The van der Waals surface area contributed by atoms with Gasteiger partial charge in [0.2, 0.25) is 0 Å². The zero-order valence-corrected chi connectivity index (χ0v) is 21.9. The van der Waals surface area contributed by atoms with Crippen LogP contribution in [0.3, 0.4) is 0 Å². The van der Waals surface area contributed by atoms with Gasteiger partial charge in [-0.3, -0.25) is 9.36 Å². The Morgan fingerprint density at radius 1 is 1.03 bits per heavy atom. The minimum Gasteiger partial charge on any atom is -0.493 e. The number of esters is 2. The van der Waals surface area contributed by atoms with E-state index in [9.17, 15) is 14.4 Å². The summed E-state index contributed by atoms with van der Waals surface area (Å²) in [4.78, 5) is 43.4. The van der Waals surface area contributed by atoms with E-state index in [4.69, 9.17) is 18.9 Å². The fourth-order valence-electron chi connectivity index (χ4n) is 4.13. The highest BCUT2D eigenvalue weighted by molar-refractivity contribution is 7.07. The molecule has 10 heteroatoms. The maximum Gasteiger partial charge on any atom is 0.338 e. The fourth-order valence-corrected chi connectivity index (χ4v) is 5.17. The summed E-state index contributed by atoms with van der Waals surface area (Å²) in [5.41, 5.74) is 2.10. The summed E-state index contributed by atoms with van der Waals surface area (Å²) >= 11 is 1.22. The fraction of sp³-hybridized carbons (Fsp3) is 0.259. The molecule has 192 valence electrons. The monoisotopic (exact) mass is 522 g/mol. The number of rotatable bonds is 7. The average Bonchev–Trinajstić information content (AvgIpc) is 3.21. The number of fused-ring (bicyclic) bond motifs is 1. The highest BCUT2D eigenvalue weighted by Gasteiger charge is 2.33. The maximum absolute atomic E-state index is 13.7. The van der Waals surface area contributed by atoms with Crippen LogP contribution in [0.15, 0.2) is 63.5 Å². The van der Waals surface area contributed by atoms with Gasteiger partial charge in [0.15, 0.2) is 16.3 Å². The maximum atomic E-state index is 13.7. The van der Waals surface area contributed by atoms with Gasteiger partial charge in [-0.25, -0.2) is 14.6 Å². The number of hydrogen-bond acceptors (Lipinski definition) is 9. The lowest BCUT2D eigenvalue weighted by molar-refractivity contribution is -0.136. The molecule has 3 aromatic rings. The second-order valence-corrected chi connectivity index (χ2v) is 9.04. The van der Waals surface area contributed by atoms with Crippen LogP contribution in [0, 0.1) is 0 Å². The van der Waals surface area contributed by atoms with Gasteiger partial charge < -0.3 is 18.9 Å². The quantitative estimate of drug-likeness (QED) is 0.439. The summed E-state index contributed by atoms with van der Waals surface area (Å²) in [5.74, 6) is 0.0862. The number of ether oxygens (including phenoxy) is 4. The largest absolute Gasteiger partial charge is 0.493 e. The predicted molar refractivity (Wildman–Crippen MR) is 138 cm³/mol. The standard InChI is InChI=1S/C27H26N2O7S/c1-6-36-19-12-7-16(13-20(19)33-3)14-21-24(30)29-23(17-8-10-18(11-9-17)25(31)34-4)22(26(32)35-5)15(2)28-27(29)37-21/h7-14,23H,6H2,1-5H3. The molecule has 0 aliphatic carbocycles. The number of carbonyl (C=O) groups is 2. The van der Waals surface area contributed by atoms with Crippen molar-refractivity contribution >= 4 is 29.4 Å². The van der Waals surface area contributed by atoms with Crippen LogP contribution in [0.25, 0.3) is 6.08 Å². The summed E-state index contributed by atoms with van der Waals surface area (Å²) in [7, 11) is 4.14. The molecule has 0 saturated heterocycles. The molecule has 1 atom stereocenters. The highest BCUT2D eigenvalue weighted by atomic mass is 32.1. The van der Waals surface area contributed by atoms with E-state index in [-0.39, 0.29) is 11.1 Å². The van der Waals surface area contributed by atoms with Crippen LogP contribution in [0.5, 0.6) is 11.5 Å². The number of carbonyl (C=O) groups excluding carboxylic acids is 2. The van der Waals surface area contributed by atoms with Gasteiger partial charge in [0.25, 0.3) is 5.56 Å². The van der Waals surface area contributed by atoms with Crippen molar-refractivity contribution in [2.75, 3.05) is 27.9 Å². The molecule has 2 aromatic carbocycles. The number of benzene rings is 2. The van der Waals surface area contributed by atoms with Crippen LogP contribution in [0.2, 0.25) is 0 Å². The molecule has 0 radical (unpaired) electrons. The lowest BCUT2D eigenvalue weighted by atomic mass is 9.95. The van der Waals surface area contributed by atoms with E-state index < -0.39 is 18.0 Å². The first-order chi connectivity index (χ1) is 17.8. The second-order valence-electron chi connectivity index (χ2n) is 8.03. The lowest BCUT2D eigenvalue weighted by Crippen LogP contribution is -2.39. The minimum atomic E-state index is -0.785. The molecule has 0 saturated carbocycles. The predicted octanol–water partition coefficient (Wildman–Crippen LogP) is 2.60. The molecule has 0 bridgehead atoms. The van der Waals surface area contributed by atoms with Crippen LogP contribution in [-0.2, 0) is 14.3 Å². The molecule has 1 aromatic heterocycles. The summed E-state index contributed by atoms with van der Waals surface area (Å²) < 4.78 is 22.7. The van der Waals surface area contributed by atoms with Gasteiger partial charge in [-0.05, 0) is 55.3 Å². The SMILES string of the molecule is CCOc1ccc(C=c2sc3n(c2=O)C(c2ccc(C(=O)OC)cc2)C(C(=O)OC)=C(C)N=3)cc1OC. The van der Waals surface area contributed by atoms with E-state index >= 15 is 0 Å². The van der Waals surface area contributed by atoms with Gasteiger partial charge in [-0.2, -0.15) is 0 Å². The van der Waals surface area contributed by atoms with E-state index in [1.807, 2.05) is 13.0 Å². The zero-order valence-electron chi connectivity index (χ0n) is 21.1. The van der Waals surface area contributed by atoms with E-state index in [1.165, 1.54) is 30.1 Å². The Morgan fingerprint density at radius 3 is 2.35 bits per heavy atom. The van der Waals surface area contributed by atoms with Gasteiger partial charge in [0.05, 0.1) is 55.3 Å². The Kier molecular flexibility index (Phi) is 7.58. The molecule has 2 heterocycles. The summed E-state index contributed by atoms with van der Waals surface area (Å²) in [6.07, 6.45) is 1.75. The van der Waals surface area contributed by atoms with Crippen molar-refractivity contribution in [1.82, 2.24) is 4.57 Å². The van der Waals surface area contributed by atoms with Crippen LogP contribution in [0.4, 0.5) is 0 Å². The molecule has 4 rings (SSSR count). The molecule has 0 N–H and O–H groups in total. The molecule has 37 heavy (non-hydrogen) atoms. The number of allylic oxidation sites excluding steroid dienone is 1. The van der Waals surface area contributed by atoms with Gasteiger partial charge in [0, 0.05) is 0 Å². The van der Waals surface area contributed by atoms with Crippen molar-refractivity contribution in [3.63, 3.8) is 0 Å². The van der Waals surface area contributed by atoms with E-state index in [2.05, 4.69) is 4.99 Å². The zero-order chi connectivity index (χ0) is 26.7. The molecule has 1 aliphatic rings. The van der Waals surface area contributed by atoms with Crippen molar-refractivity contribution < 1.29 is 28.5 Å². The van der Waals surface area contributed by atoms with Gasteiger partial charge in [-0.1, -0.05) is 29.5 Å². The van der Waals surface area contributed by atoms with Crippen LogP contribution >= 0.6 is 11.3 Å². The number of aromatic nitrogens is 1. The van der Waals surface area contributed by atoms with E-state index in [1.54, 1.807) is 56.5 Å². The van der Waals surface area contributed by atoms with Crippen molar-refractivity contribution in [3.8, 4) is 11.5 Å². The first-order valence-corrected chi connectivity index (χ1v) is 12.2. The minimum absolute atomic E-state index is 0.245. The van der Waals surface area contributed by atoms with E-state index in [0.29, 0.717) is 44.3 Å². The van der Waals surface area contributed by atoms with E-state index in [0.717, 1.165) is 5.56 Å². The van der Waals surface area contributed by atoms with Crippen molar-refractivity contribution in [1.29, 1.82) is 0 Å².